The van der Waals surface area contributed by atoms with Gasteiger partial charge in [-0.2, -0.15) is 0 Å². The number of halogens is 2. The van der Waals surface area contributed by atoms with E-state index in [0.29, 0.717) is 35.1 Å². The van der Waals surface area contributed by atoms with E-state index in [1.807, 2.05) is 23.1 Å². The summed E-state index contributed by atoms with van der Waals surface area (Å²) in [6.07, 6.45) is 0. The van der Waals surface area contributed by atoms with Crippen molar-refractivity contribution in [2.45, 2.75) is 6.54 Å². The number of rotatable bonds is 7. The summed E-state index contributed by atoms with van der Waals surface area (Å²) in [5.41, 5.74) is 2.48. The van der Waals surface area contributed by atoms with Crippen LogP contribution in [0.25, 0.3) is 0 Å². The van der Waals surface area contributed by atoms with Crippen LogP contribution in [0.3, 0.4) is 0 Å². The number of carbonyl (C=O) groups excluding carboxylic acids is 3. The number of anilines is 2. The Balaban J connectivity index is 1.22. The largest absolute Gasteiger partial charge is 0.495 e. The number of carbonyl (C=O) groups is 3. The second-order valence-electron chi connectivity index (χ2n) is 9.36. The zero-order chi connectivity index (χ0) is 27.5. The van der Waals surface area contributed by atoms with E-state index in [1.165, 1.54) is 23.6 Å². The van der Waals surface area contributed by atoms with Gasteiger partial charge in [0.2, 0.25) is 0 Å². The van der Waals surface area contributed by atoms with E-state index in [4.69, 9.17) is 27.9 Å². The number of amides is 3. The lowest BCUT2D eigenvalue weighted by Gasteiger charge is -2.32. The minimum absolute atomic E-state index is 0.0380. The van der Waals surface area contributed by atoms with Crippen molar-refractivity contribution >= 4 is 52.3 Å². The van der Waals surface area contributed by atoms with Gasteiger partial charge in [0, 0.05) is 21.8 Å². The molecule has 2 heterocycles. The topological polar surface area (TPSA) is 83.4 Å². The fraction of sp³-hybridized carbons (Fsp3) is 0.207. The van der Waals surface area contributed by atoms with Crippen LogP contribution in [-0.4, -0.2) is 55.9 Å². The summed E-state index contributed by atoms with van der Waals surface area (Å²) in [4.78, 5) is 43.4. The van der Waals surface area contributed by atoms with E-state index >= 15 is 0 Å². The zero-order valence-electron chi connectivity index (χ0n) is 21.2. The van der Waals surface area contributed by atoms with Crippen LogP contribution in [0.15, 0.2) is 83.5 Å². The molecule has 10 heteroatoms. The van der Waals surface area contributed by atoms with Gasteiger partial charge >= 0.3 is 0 Å². The standard InChI is InChI=1S/C29H26Cl2N4O4/c1-39-24-12-9-21(30)17-23(24)35-28(37)25(31)26(29(35)38)32-22-10-7-20(8-11-22)27(36)34-15-13-33(14-16-34)18-19-5-3-2-4-6-19/h2-12,17,32H,13-16,18H2,1H3/p+1. The maximum Gasteiger partial charge on any atom is 0.283 e. The Kier molecular flexibility index (Phi) is 7.88. The molecule has 2 aliphatic heterocycles. The Hall–Kier alpha value is -3.85. The molecule has 0 radical (unpaired) electrons. The van der Waals surface area contributed by atoms with Crippen LogP contribution in [0.2, 0.25) is 5.02 Å². The fourth-order valence-electron chi connectivity index (χ4n) is 4.78. The van der Waals surface area contributed by atoms with Crippen molar-refractivity contribution in [3.8, 4) is 5.75 Å². The highest BCUT2D eigenvalue weighted by Crippen LogP contribution is 2.37. The lowest BCUT2D eigenvalue weighted by Crippen LogP contribution is -3.13. The molecule has 0 aliphatic carbocycles. The van der Waals surface area contributed by atoms with Crippen molar-refractivity contribution in [3.63, 3.8) is 0 Å². The molecule has 39 heavy (non-hydrogen) atoms. The molecule has 3 aromatic rings. The van der Waals surface area contributed by atoms with E-state index in [1.54, 1.807) is 36.4 Å². The molecule has 0 bridgehead atoms. The molecule has 200 valence electrons. The molecule has 0 aromatic heterocycles. The van der Waals surface area contributed by atoms with Gasteiger partial charge in [0.15, 0.2) is 0 Å². The Morgan fingerprint density at radius 3 is 2.31 bits per heavy atom. The molecule has 0 unspecified atom stereocenters. The maximum absolute atomic E-state index is 13.2. The molecule has 1 saturated heterocycles. The minimum Gasteiger partial charge on any atom is -0.495 e. The summed E-state index contributed by atoms with van der Waals surface area (Å²) < 4.78 is 5.29. The van der Waals surface area contributed by atoms with Gasteiger partial charge in [0.1, 0.15) is 23.0 Å². The van der Waals surface area contributed by atoms with E-state index in [2.05, 4.69) is 17.4 Å². The highest BCUT2D eigenvalue weighted by molar-refractivity contribution is 6.53. The molecular formula is C29H27Cl2N4O4+. The van der Waals surface area contributed by atoms with Gasteiger partial charge in [-0.25, -0.2) is 4.90 Å². The third-order valence-corrected chi connectivity index (χ3v) is 7.45. The number of quaternary nitrogens is 1. The van der Waals surface area contributed by atoms with Gasteiger partial charge < -0.3 is 19.9 Å². The number of hydrogen-bond donors (Lipinski definition) is 2. The number of hydrogen-bond acceptors (Lipinski definition) is 5. The first-order valence-corrected chi connectivity index (χ1v) is 13.3. The van der Waals surface area contributed by atoms with Crippen LogP contribution < -0.4 is 19.9 Å². The van der Waals surface area contributed by atoms with Crippen molar-refractivity contribution < 1.29 is 24.0 Å². The third kappa shape index (κ3) is 5.63. The highest BCUT2D eigenvalue weighted by atomic mass is 35.5. The molecule has 3 amide bonds. The number of piperazine rings is 1. The van der Waals surface area contributed by atoms with Crippen molar-refractivity contribution in [3.05, 3.63) is 99.7 Å². The normalized spacial score (nSPS) is 16.2. The minimum atomic E-state index is -0.690. The Morgan fingerprint density at radius 1 is 0.949 bits per heavy atom. The SMILES string of the molecule is COc1ccc(Cl)cc1N1C(=O)C(Cl)=C(Nc2ccc(C(=O)N3CC[NH+](Cc4ccccc4)CC3)cc2)C1=O. The summed E-state index contributed by atoms with van der Waals surface area (Å²) in [6, 6.07) is 21.7. The van der Waals surface area contributed by atoms with Crippen molar-refractivity contribution in [2.24, 2.45) is 0 Å². The van der Waals surface area contributed by atoms with Crippen LogP contribution in [0.5, 0.6) is 5.75 Å². The molecule has 8 nitrogen and oxygen atoms in total. The van der Waals surface area contributed by atoms with Gasteiger partial charge in [-0.15, -0.1) is 0 Å². The average molecular weight is 566 g/mol. The Morgan fingerprint density at radius 2 is 1.64 bits per heavy atom. The molecule has 0 spiro atoms. The van der Waals surface area contributed by atoms with Gasteiger partial charge in [-0.3, -0.25) is 14.4 Å². The fourth-order valence-corrected chi connectivity index (χ4v) is 5.16. The maximum atomic E-state index is 13.2. The quantitative estimate of drug-likeness (QED) is 0.429. The molecule has 1 fully saturated rings. The summed E-state index contributed by atoms with van der Waals surface area (Å²) in [5, 5.41) is 3.02. The van der Waals surface area contributed by atoms with Crippen molar-refractivity contribution in [1.82, 2.24) is 4.90 Å². The van der Waals surface area contributed by atoms with E-state index < -0.39 is 11.8 Å². The Labute approximate surface area is 236 Å². The molecule has 3 aromatic carbocycles. The zero-order valence-corrected chi connectivity index (χ0v) is 22.8. The summed E-state index contributed by atoms with van der Waals surface area (Å²) >= 11 is 12.4. The van der Waals surface area contributed by atoms with Gasteiger partial charge in [-0.05, 0) is 42.5 Å². The highest BCUT2D eigenvalue weighted by Gasteiger charge is 2.40. The number of benzene rings is 3. The molecule has 2 aliphatic rings. The van der Waals surface area contributed by atoms with Crippen molar-refractivity contribution in [2.75, 3.05) is 43.5 Å². The summed E-state index contributed by atoms with van der Waals surface area (Å²) in [5.74, 6) is -1.06. The number of ether oxygens (including phenoxy) is 1. The number of nitrogens with zero attached hydrogens (tertiary/aromatic N) is 2. The van der Waals surface area contributed by atoms with Gasteiger partial charge in [0.05, 0.1) is 39.0 Å². The summed E-state index contributed by atoms with van der Waals surface area (Å²) in [7, 11) is 1.43. The molecule has 0 atom stereocenters. The molecule has 0 saturated carbocycles. The first-order chi connectivity index (χ1) is 18.9. The Bertz CT molecular complexity index is 1440. The monoisotopic (exact) mass is 565 g/mol. The van der Waals surface area contributed by atoms with E-state index in [-0.39, 0.29) is 22.3 Å². The number of imide groups is 1. The lowest BCUT2D eigenvalue weighted by atomic mass is 10.1. The molecule has 2 N–H and O–H groups in total. The van der Waals surface area contributed by atoms with Crippen molar-refractivity contribution in [1.29, 1.82) is 0 Å². The average Bonchev–Trinajstić information content (AvgIpc) is 3.16. The van der Waals surface area contributed by atoms with Crippen LogP contribution >= 0.6 is 23.2 Å². The first kappa shape index (κ1) is 26.7. The first-order valence-electron chi connectivity index (χ1n) is 12.5. The lowest BCUT2D eigenvalue weighted by molar-refractivity contribution is -0.917. The predicted octanol–water partition coefficient (Wildman–Crippen LogP) is 3.33. The van der Waals surface area contributed by atoms with Crippen LogP contribution in [0.1, 0.15) is 15.9 Å². The van der Waals surface area contributed by atoms with Crippen LogP contribution in [-0.2, 0) is 16.1 Å². The predicted molar refractivity (Wildman–Crippen MR) is 150 cm³/mol. The molecular weight excluding hydrogens is 539 g/mol. The second kappa shape index (κ2) is 11.5. The third-order valence-electron chi connectivity index (χ3n) is 6.87. The van der Waals surface area contributed by atoms with Crippen LogP contribution in [0.4, 0.5) is 11.4 Å². The van der Waals surface area contributed by atoms with E-state index in [9.17, 15) is 14.4 Å². The van der Waals surface area contributed by atoms with Gasteiger partial charge in [0.25, 0.3) is 17.7 Å². The number of methoxy groups -OCH3 is 1. The van der Waals surface area contributed by atoms with Gasteiger partial charge in [-0.1, -0.05) is 53.5 Å². The molecule has 5 rings (SSSR count). The summed E-state index contributed by atoms with van der Waals surface area (Å²) in [6.45, 7) is 4.09. The van der Waals surface area contributed by atoms with E-state index in [0.717, 1.165) is 24.5 Å². The number of nitrogens with one attached hydrogen (secondary N) is 2. The van der Waals surface area contributed by atoms with Crippen LogP contribution in [0, 0.1) is 0 Å². The smallest absolute Gasteiger partial charge is 0.283 e. The second-order valence-corrected chi connectivity index (χ2v) is 10.2.